The van der Waals surface area contributed by atoms with Crippen LogP contribution in [-0.2, 0) is 4.79 Å². The minimum Gasteiger partial charge on any atom is -0.336 e. The summed E-state index contributed by atoms with van der Waals surface area (Å²) in [6, 6.07) is 11.9. The van der Waals surface area contributed by atoms with Gasteiger partial charge in [0.25, 0.3) is 0 Å². The number of rotatable bonds is 5. The molecule has 0 radical (unpaired) electrons. The predicted molar refractivity (Wildman–Crippen MR) is 148 cm³/mol. The quantitative estimate of drug-likeness (QED) is 0.251. The third kappa shape index (κ3) is 4.96. The number of aromatic nitrogens is 7. The van der Waals surface area contributed by atoms with Crippen molar-refractivity contribution in [3.8, 4) is 34.0 Å². The predicted octanol–water partition coefficient (Wildman–Crippen LogP) is 6.14. The van der Waals surface area contributed by atoms with Crippen molar-refractivity contribution in [3.63, 3.8) is 0 Å². The van der Waals surface area contributed by atoms with Crippen LogP contribution in [0.3, 0.4) is 0 Å². The number of imidazole rings is 1. The van der Waals surface area contributed by atoms with Crippen LogP contribution in [-0.4, -0.2) is 41.0 Å². The molecule has 1 aromatic carbocycles. The summed E-state index contributed by atoms with van der Waals surface area (Å²) in [5.74, 6) is 0.132. The first-order chi connectivity index (χ1) is 18.7. The van der Waals surface area contributed by atoms with E-state index in [0.29, 0.717) is 46.1 Å². The highest BCUT2D eigenvalue weighted by Gasteiger charge is 2.18. The Kier molecular flexibility index (Phi) is 5.86. The largest absolute Gasteiger partial charge is 0.336 e. The summed E-state index contributed by atoms with van der Waals surface area (Å²) in [6.45, 7) is 6.05. The second kappa shape index (κ2) is 9.39. The highest BCUT2D eigenvalue weighted by molar-refractivity contribution is 5.97. The number of carbonyl (C=O) groups excluding carboxylic acids is 1. The number of H-pyrrole nitrogens is 2. The van der Waals surface area contributed by atoms with Crippen LogP contribution in [0.15, 0.2) is 67.3 Å². The lowest BCUT2D eigenvalue weighted by atomic mass is 9.92. The van der Waals surface area contributed by atoms with Gasteiger partial charge < -0.3 is 10.3 Å². The summed E-state index contributed by atoms with van der Waals surface area (Å²) in [5, 5.41) is 11.2. The molecule has 5 aromatic heterocycles. The Hall–Kier alpha value is -4.99. The number of halogens is 1. The fraction of sp³-hybridized carbons (Fsp3) is 0.172. The maximum absolute atomic E-state index is 13.9. The van der Waals surface area contributed by atoms with Gasteiger partial charge in [-0.3, -0.25) is 24.8 Å². The van der Waals surface area contributed by atoms with Crippen LogP contribution in [0.4, 0.5) is 10.1 Å². The van der Waals surface area contributed by atoms with Crippen LogP contribution in [0.5, 0.6) is 0 Å². The fourth-order valence-corrected chi connectivity index (χ4v) is 4.48. The molecule has 10 heteroatoms. The van der Waals surface area contributed by atoms with Gasteiger partial charge >= 0.3 is 0 Å². The van der Waals surface area contributed by atoms with Crippen molar-refractivity contribution >= 4 is 33.5 Å². The van der Waals surface area contributed by atoms with Crippen molar-refractivity contribution < 1.29 is 9.18 Å². The number of nitrogens with zero attached hydrogens (tertiary/aromatic N) is 5. The summed E-state index contributed by atoms with van der Waals surface area (Å²) in [6.07, 6.45) is 7.08. The van der Waals surface area contributed by atoms with E-state index in [1.807, 2.05) is 39.0 Å². The van der Waals surface area contributed by atoms with Gasteiger partial charge in [0.2, 0.25) is 5.91 Å². The Morgan fingerprint density at radius 1 is 0.974 bits per heavy atom. The number of nitrogens with one attached hydrogen (secondary N) is 3. The summed E-state index contributed by atoms with van der Waals surface area (Å²) in [7, 11) is 0. The second-order valence-electron chi connectivity index (χ2n) is 10.6. The molecular formula is C29H25FN8O. The minimum atomic E-state index is -0.340. The number of fused-ring (bicyclic) bond motifs is 2. The average Bonchev–Trinajstić information content (AvgIpc) is 3.51. The van der Waals surface area contributed by atoms with Crippen LogP contribution < -0.4 is 5.32 Å². The van der Waals surface area contributed by atoms with E-state index in [9.17, 15) is 9.18 Å². The molecule has 6 aromatic rings. The molecule has 1 amide bonds. The molecule has 0 aliphatic carbocycles. The first-order valence-corrected chi connectivity index (χ1v) is 12.4. The van der Waals surface area contributed by atoms with Gasteiger partial charge in [-0.25, -0.2) is 9.37 Å². The minimum absolute atomic E-state index is 0.0704. The van der Waals surface area contributed by atoms with Gasteiger partial charge in [-0.2, -0.15) is 5.10 Å². The molecule has 194 valence electrons. The van der Waals surface area contributed by atoms with E-state index < -0.39 is 0 Å². The summed E-state index contributed by atoms with van der Waals surface area (Å²) in [5.41, 5.74) is 5.84. The number of hydrogen-bond acceptors (Lipinski definition) is 6. The normalized spacial score (nSPS) is 11.8. The van der Waals surface area contributed by atoms with Crippen molar-refractivity contribution in [3.05, 3.63) is 73.1 Å². The van der Waals surface area contributed by atoms with Gasteiger partial charge in [0.1, 0.15) is 17.0 Å². The maximum Gasteiger partial charge on any atom is 0.224 e. The highest BCUT2D eigenvalue weighted by atomic mass is 19.1. The Bertz CT molecular complexity index is 1850. The standard InChI is InChI=1S/C29H25FN8O/c1-29(2,3)12-24(39)34-19-10-17(13-31-14-19)22-11-20-23(15-33-22)37-38-26(20)28-35-21-7-8-32-25(27(21)36-28)16-5-4-6-18(30)9-16/h4-11,13-15H,12H2,1-3H3,(H,34,39)(H,35,36)(H,37,38). The molecule has 0 unspecified atom stereocenters. The average molecular weight is 521 g/mol. The summed E-state index contributed by atoms with van der Waals surface area (Å²) in [4.78, 5) is 33.8. The lowest BCUT2D eigenvalue weighted by Crippen LogP contribution is -2.19. The number of benzene rings is 1. The number of amides is 1. The van der Waals surface area contributed by atoms with Gasteiger partial charge in [-0.15, -0.1) is 0 Å². The van der Waals surface area contributed by atoms with Crippen molar-refractivity contribution in [1.29, 1.82) is 0 Å². The Morgan fingerprint density at radius 2 is 1.85 bits per heavy atom. The molecule has 3 N–H and O–H groups in total. The van der Waals surface area contributed by atoms with Gasteiger partial charge in [0.05, 0.1) is 40.5 Å². The van der Waals surface area contributed by atoms with Crippen molar-refractivity contribution in [2.24, 2.45) is 5.41 Å². The molecule has 9 nitrogen and oxygen atoms in total. The number of pyridine rings is 3. The molecule has 0 aliphatic heterocycles. The van der Waals surface area contributed by atoms with Crippen LogP contribution in [0.25, 0.3) is 56.0 Å². The highest BCUT2D eigenvalue weighted by Crippen LogP contribution is 2.32. The molecule has 0 saturated heterocycles. The number of hydrogen-bond donors (Lipinski definition) is 3. The van der Waals surface area contributed by atoms with E-state index in [-0.39, 0.29) is 17.1 Å². The summed E-state index contributed by atoms with van der Waals surface area (Å²) < 4.78 is 13.9. The van der Waals surface area contributed by atoms with Crippen LogP contribution in [0, 0.1) is 11.2 Å². The van der Waals surface area contributed by atoms with Crippen LogP contribution in [0.1, 0.15) is 27.2 Å². The van der Waals surface area contributed by atoms with E-state index in [1.54, 1.807) is 36.9 Å². The van der Waals surface area contributed by atoms with E-state index in [2.05, 4.69) is 35.5 Å². The molecule has 0 spiro atoms. The van der Waals surface area contributed by atoms with E-state index in [4.69, 9.17) is 4.98 Å². The summed E-state index contributed by atoms with van der Waals surface area (Å²) >= 11 is 0. The maximum atomic E-state index is 13.9. The molecule has 5 heterocycles. The van der Waals surface area contributed by atoms with Crippen molar-refractivity contribution in [2.75, 3.05) is 5.32 Å². The third-order valence-corrected chi connectivity index (χ3v) is 6.18. The zero-order valence-electron chi connectivity index (χ0n) is 21.6. The smallest absolute Gasteiger partial charge is 0.224 e. The zero-order valence-corrected chi connectivity index (χ0v) is 21.6. The number of aromatic amines is 2. The molecule has 0 saturated carbocycles. The van der Waals surface area contributed by atoms with E-state index in [1.165, 1.54) is 12.1 Å². The second-order valence-corrected chi connectivity index (χ2v) is 10.6. The SMILES string of the molecule is CC(C)(C)CC(=O)Nc1cncc(-c2cc3c(-c4nc5c(-c6cccc(F)c6)nccc5[nH]4)n[nH]c3cn2)c1. The van der Waals surface area contributed by atoms with Crippen molar-refractivity contribution in [2.45, 2.75) is 27.2 Å². The zero-order chi connectivity index (χ0) is 27.1. The number of anilines is 1. The molecule has 39 heavy (non-hydrogen) atoms. The van der Waals surface area contributed by atoms with Gasteiger partial charge in [0.15, 0.2) is 5.82 Å². The Balaban J connectivity index is 1.37. The van der Waals surface area contributed by atoms with E-state index >= 15 is 0 Å². The molecule has 0 bridgehead atoms. The molecule has 6 rings (SSSR count). The Labute approximate surface area is 223 Å². The van der Waals surface area contributed by atoms with Crippen LogP contribution in [0.2, 0.25) is 0 Å². The Morgan fingerprint density at radius 3 is 2.67 bits per heavy atom. The van der Waals surface area contributed by atoms with E-state index in [0.717, 1.165) is 22.0 Å². The van der Waals surface area contributed by atoms with Crippen LogP contribution >= 0.6 is 0 Å². The number of carbonyl (C=O) groups is 1. The van der Waals surface area contributed by atoms with Crippen molar-refractivity contribution in [1.82, 2.24) is 35.1 Å². The lowest BCUT2D eigenvalue weighted by Gasteiger charge is -2.17. The first-order valence-electron chi connectivity index (χ1n) is 12.4. The monoisotopic (exact) mass is 520 g/mol. The van der Waals surface area contributed by atoms with Gasteiger partial charge in [-0.05, 0) is 35.7 Å². The molecular weight excluding hydrogens is 495 g/mol. The fourth-order valence-electron chi connectivity index (χ4n) is 4.48. The molecule has 0 fully saturated rings. The van der Waals surface area contributed by atoms with Gasteiger partial charge in [-0.1, -0.05) is 32.9 Å². The lowest BCUT2D eigenvalue weighted by molar-refractivity contribution is -0.117. The van der Waals surface area contributed by atoms with Gasteiger partial charge in [0, 0.05) is 35.3 Å². The third-order valence-electron chi connectivity index (χ3n) is 6.18. The first kappa shape index (κ1) is 24.4. The molecule has 0 aliphatic rings. The topological polar surface area (TPSA) is 125 Å². The molecule has 0 atom stereocenters.